The minimum atomic E-state index is -3.02. The second kappa shape index (κ2) is 7.25. The van der Waals surface area contributed by atoms with Crippen LogP contribution in [-0.4, -0.2) is 58.0 Å². The van der Waals surface area contributed by atoms with Crippen LogP contribution in [0.4, 0.5) is 0 Å². The molecule has 1 amide bonds. The molecule has 0 aromatic heterocycles. The maximum Gasteiger partial charge on any atom is 0.249 e. The Kier molecular flexibility index (Phi) is 5.54. The molecule has 1 heterocycles. The first-order chi connectivity index (χ1) is 11.3. The molecular weight excluding hydrogens is 330 g/mol. The Morgan fingerprint density at radius 3 is 2.46 bits per heavy atom. The highest BCUT2D eigenvalue weighted by atomic mass is 32.2. The molecule has 0 N–H and O–H groups in total. The Hall–Kier alpha value is -2.02. The number of likely N-dealkylation sites (N-methyl/N-ethyl adjacent to an activating group) is 1. The van der Waals surface area contributed by atoms with E-state index in [2.05, 4.69) is 0 Å². The summed E-state index contributed by atoms with van der Waals surface area (Å²) in [7, 11) is 1.75. The van der Waals surface area contributed by atoms with Crippen LogP contribution in [0.3, 0.4) is 0 Å². The van der Waals surface area contributed by atoms with Gasteiger partial charge in [-0.3, -0.25) is 4.79 Å². The fourth-order valence-corrected chi connectivity index (χ4v) is 4.55. The SMILES string of the molecule is COc1ccc(/C=C(\C)C(=O)N(C)C2CCS(=O)(=O)C2)cc1OC. The predicted molar refractivity (Wildman–Crippen MR) is 93.0 cm³/mol. The van der Waals surface area contributed by atoms with E-state index in [1.54, 1.807) is 46.4 Å². The first-order valence-electron chi connectivity index (χ1n) is 7.65. The molecular formula is C17H23NO5S. The second-order valence-electron chi connectivity index (χ2n) is 5.91. The van der Waals surface area contributed by atoms with E-state index in [4.69, 9.17) is 9.47 Å². The molecule has 0 spiro atoms. The van der Waals surface area contributed by atoms with Crippen LogP contribution in [0.25, 0.3) is 6.08 Å². The van der Waals surface area contributed by atoms with Gasteiger partial charge >= 0.3 is 0 Å². The zero-order valence-corrected chi connectivity index (χ0v) is 15.2. The lowest BCUT2D eigenvalue weighted by atomic mass is 10.1. The maximum atomic E-state index is 12.5. The summed E-state index contributed by atoms with van der Waals surface area (Å²) in [4.78, 5) is 14.1. The van der Waals surface area contributed by atoms with Crippen LogP contribution in [0.2, 0.25) is 0 Å². The standard InChI is InChI=1S/C17H23NO5S/c1-12(9-13-5-6-15(22-3)16(10-13)23-4)17(19)18(2)14-7-8-24(20,21)11-14/h5-6,9-10,14H,7-8,11H2,1-4H3/b12-9+. The first-order valence-corrected chi connectivity index (χ1v) is 9.47. The summed E-state index contributed by atoms with van der Waals surface area (Å²) < 4.78 is 33.6. The molecule has 1 saturated heterocycles. The van der Waals surface area contributed by atoms with Gasteiger partial charge in [0.2, 0.25) is 5.91 Å². The summed E-state index contributed by atoms with van der Waals surface area (Å²) in [5, 5.41) is 0. The van der Waals surface area contributed by atoms with Gasteiger partial charge in [-0.2, -0.15) is 0 Å². The van der Waals surface area contributed by atoms with Crippen LogP contribution < -0.4 is 9.47 Å². The number of methoxy groups -OCH3 is 2. The quantitative estimate of drug-likeness (QED) is 0.754. The van der Waals surface area contributed by atoms with Crippen molar-refractivity contribution in [3.63, 3.8) is 0 Å². The van der Waals surface area contributed by atoms with Crippen LogP contribution in [0, 0.1) is 0 Å². The van der Waals surface area contributed by atoms with Crippen molar-refractivity contribution in [2.24, 2.45) is 0 Å². The molecule has 1 aromatic carbocycles. The highest BCUT2D eigenvalue weighted by Gasteiger charge is 2.32. The highest BCUT2D eigenvalue weighted by Crippen LogP contribution is 2.28. The van der Waals surface area contributed by atoms with E-state index in [-0.39, 0.29) is 23.5 Å². The van der Waals surface area contributed by atoms with Gasteiger partial charge in [0.05, 0.1) is 25.7 Å². The minimum Gasteiger partial charge on any atom is -0.493 e. The van der Waals surface area contributed by atoms with Gasteiger partial charge in [0.15, 0.2) is 21.3 Å². The Labute approximate surface area is 143 Å². The summed E-state index contributed by atoms with van der Waals surface area (Å²) in [5.74, 6) is 1.22. The van der Waals surface area contributed by atoms with E-state index in [0.717, 1.165) is 5.56 Å². The van der Waals surface area contributed by atoms with Crippen molar-refractivity contribution < 1.29 is 22.7 Å². The molecule has 24 heavy (non-hydrogen) atoms. The molecule has 0 saturated carbocycles. The topological polar surface area (TPSA) is 72.9 Å². The van der Waals surface area contributed by atoms with Crippen molar-refractivity contribution in [1.82, 2.24) is 4.90 Å². The maximum absolute atomic E-state index is 12.5. The third kappa shape index (κ3) is 4.08. The molecule has 0 aliphatic carbocycles. The van der Waals surface area contributed by atoms with Crippen molar-refractivity contribution in [2.75, 3.05) is 32.8 Å². The summed E-state index contributed by atoms with van der Waals surface area (Å²) in [6, 6.07) is 5.14. The largest absolute Gasteiger partial charge is 0.493 e. The molecule has 0 bridgehead atoms. The number of nitrogens with zero attached hydrogens (tertiary/aromatic N) is 1. The van der Waals surface area contributed by atoms with E-state index in [1.165, 1.54) is 4.90 Å². The number of hydrogen-bond acceptors (Lipinski definition) is 5. The van der Waals surface area contributed by atoms with Crippen LogP contribution in [0.15, 0.2) is 23.8 Å². The lowest BCUT2D eigenvalue weighted by Crippen LogP contribution is -2.38. The molecule has 1 aromatic rings. The van der Waals surface area contributed by atoms with Gasteiger partial charge in [-0.15, -0.1) is 0 Å². The van der Waals surface area contributed by atoms with Crippen molar-refractivity contribution in [3.8, 4) is 11.5 Å². The fraction of sp³-hybridized carbons (Fsp3) is 0.471. The molecule has 0 radical (unpaired) electrons. The van der Waals surface area contributed by atoms with Gasteiger partial charge in [0, 0.05) is 18.7 Å². The van der Waals surface area contributed by atoms with Crippen molar-refractivity contribution in [2.45, 2.75) is 19.4 Å². The number of carbonyl (C=O) groups excluding carboxylic acids is 1. The van der Waals surface area contributed by atoms with Gasteiger partial charge in [0.25, 0.3) is 0 Å². The number of sulfone groups is 1. The molecule has 1 aliphatic rings. The summed E-state index contributed by atoms with van der Waals surface area (Å²) >= 11 is 0. The lowest BCUT2D eigenvalue weighted by Gasteiger charge is -2.23. The van der Waals surface area contributed by atoms with Crippen LogP contribution in [0.1, 0.15) is 18.9 Å². The molecule has 1 atom stereocenters. The van der Waals surface area contributed by atoms with Crippen molar-refractivity contribution in [3.05, 3.63) is 29.3 Å². The zero-order chi connectivity index (χ0) is 17.9. The molecule has 6 nitrogen and oxygen atoms in total. The minimum absolute atomic E-state index is 0.0406. The monoisotopic (exact) mass is 353 g/mol. The second-order valence-corrected chi connectivity index (χ2v) is 8.14. The first kappa shape index (κ1) is 18.3. The third-order valence-electron chi connectivity index (χ3n) is 4.20. The highest BCUT2D eigenvalue weighted by molar-refractivity contribution is 7.91. The van der Waals surface area contributed by atoms with E-state index in [1.807, 2.05) is 6.07 Å². The Balaban J connectivity index is 2.16. The number of carbonyl (C=O) groups is 1. The smallest absolute Gasteiger partial charge is 0.249 e. The average molecular weight is 353 g/mol. The van der Waals surface area contributed by atoms with Gasteiger partial charge in [-0.25, -0.2) is 8.42 Å². The summed E-state index contributed by atoms with van der Waals surface area (Å²) in [5.41, 5.74) is 1.35. The van der Waals surface area contributed by atoms with Gasteiger partial charge in [-0.05, 0) is 37.1 Å². The van der Waals surface area contributed by atoms with Crippen LogP contribution in [0.5, 0.6) is 11.5 Å². The molecule has 1 aliphatic heterocycles. The van der Waals surface area contributed by atoms with E-state index >= 15 is 0 Å². The van der Waals surface area contributed by atoms with Crippen molar-refractivity contribution in [1.29, 1.82) is 0 Å². The van der Waals surface area contributed by atoms with E-state index in [9.17, 15) is 13.2 Å². The van der Waals surface area contributed by atoms with Crippen LogP contribution >= 0.6 is 0 Å². The van der Waals surface area contributed by atoms with E-state index in [0.29, 0.717) is 23.5 Å². The number of ether oxygens (including phenoxy) is 2. The Morgan fingerprint density at radius 2 is 1.92 bits per heavy atom. The van der Waals surface area contributed by atoms with Crippen LogP contribution in [-0.2, 0) is 14.6 Å². The summed E-state index contributed by atoms with van der Waals surface area (Å²) in [6.07, 6.45) is 2.25. The zero-order valence-electron chi connectivity index (χ0n) is 14.4. The van der Waals surface area contributed by atoms with Gasteiger partial charge in [0.1, 0.15) is 0 Å². The average Bonchev–Trinajstić information content (AvgIpc) is 2.93. The van der Waals surface area contributed by atoms with Crippen molar-refractivity contribution >= 4 is 21.8 Å². The Bertz CT molecular complexity index is 754. The lowest BCUT2D eigenvalue weighted by molar-refractivity contribution is -0.127. The predicted octanol–water partition coefficient (Wildman–Crippen LogP) is 1.75. The third-order valence-corrected chi connectivity index (χ3v) is 5.95. The fourth-order valence-electron chi connectivity index (χ4n) is 2.78. The number of rotatable bonds is 5. The number of benzene rings is 1. The molecule has 7 heteroatoms. The van der Waals surface area contributed by atoms with E-state index < -0.39 is 9.84 Å². The molecule has 2 rings (SSSR count). The molecule has 1 fully saturated rings. The van der Waals surface area contributed by atoms with Gasteiger partial charge < -0.3 is 14.4 Å². The molecule has 1 unspecified atom stereocenters. The number of amides is 1. The van der Waals surface area contributed by atoms with Gasteiger partial charge in [-0.1, -0.05) is 6.07 Å². The number of hydrogen-bond donors (Lipinski definition) is 0. The summed E-state index contributed by atoms with van der Waals surface area (Å²) in [6.45, 7) is 1.72. The Morgan fingerprint density at radius 1 is 1.25 bits per heavy atom. The normalized spacial score (nSPS) is 19.8. The molecule has 132 valence electrons.